The third-order valence-electron chi connectivity index (χ3n) is 3.41. The first-order valence-electron chi connectivity index (χ1n) is 6.29. The van der Waals surface area contributed by atoms with E-state index in [0.717, 1.165) is 19.4 Å². The number of likely N-dealkylation sites (tertiary alicyclic amines) is 1. The molecule has 0 saturated carbocycles. The van der Waals surface area contributed by atoms with Crippen LogP contribution in [-0.4, -0.2) is 34.4 Å². The van der Waals surface area contributed by atoms with E-state index in [-0.39, 0.29) is 17.8 Å². The normalized spacial score (nSPS) is 27.2. The summed E-state index contributed by atoms with van der Waals surface area (Å²) in [5, 5.41) is 11.7. The van der Waals surface area contributed by atoms with Gasteiger partial charge in [0.1, 0.15) is 0 Å². The molecule has 17 heavy (non-hydrogen) atoms. The number of oxime groups is 1. The quantitative estimate of drug-likeness (QED) is 0.338. The number of rotatable bonds is 4. The summed E-state index contributed by atoms with van der Waals surface area (Å²) in [4.78, 5) is 14.2. The lowest BCUT2D eigenvalue weighted by Crippen LogP contribution is -2.43. The Bertz CT molecular complexity index is 304. The Hall–Kier alpha value is -1.26. The summed E-state index contributed by atoms with van der Waals surface area (Å²) in [5.41, 5.74) is 5.60. The first kappa shape index (κ1) is 13.8. The molecule has 3 N–H and O–H groups in total. The minimum absolute atomic E-state index is 0.000926. The highest BCUT2D eigenvalue weighted by Crippen LogP contribution is 2.25. The molecule has 1 fully saturated rings. The van der Waals surface area contributed by atoms with E-state index in [0.29, 0.717) is 12.3 Å². The van der Waals surface area contributed by atoms with Crippen LogP contribution in [0.15, 0.2) is 5.16 Å². The van der Waals surface area contributed by atoms with Crippen LogP contribution in [0.3, 0.4) is 0 Å². The summed E-state index contributed by atoms with van der Waals surface area (Å²) >= 11 is 0. The van der Waals surface area contributed by atoms with Crippen LogP contribution in [0.4, 0.5) is 0 Å². The fourth-order valence-corrected chi connectivity index (χ4v) is 2.56. The zero-order chi connectivity index (χ0) is 13.0. The van der Waals surface area contributed by atoms with Gasteiger partial charge in [0.25, 0.3) is 0 Å². The number of nitrogens with two attached hydrogens (primary N) is 1. The Morgan fingerprint density at radius 2 is 2.24 bits per heavy atom. The van der Waals surface area contributed by atoms with Crippen LogP contribution in [0.25, 0.3) is 0 Å². The zero-order valence-electron chi connectivity index (χ0n) is 10.9. The van der Waals surface area contributed by atoms with E-state index in [9.17, 15) is 4.79 Å². The molecule has 1 rings (SSSR count). The van der Waals surface area contributed by atoms with Gasteiger partial charge in [0.15, 0.2) is 5.84 Å². The van der Waals surface area contributed by atoms with Crippen molar-refractivity contribution in [3.05, 3.63) is 0 Å². The fraction of sp³-hybridized carbons (Fsp3) is 0.833. The van der Waals surface area contributed by atoms with Crippen LogP contribution in [0.2, 0.25) is 0 Å². The fourth-order valence-electron chi connectivity index (χ4n) is 2.56. The molecule has 1 amide bonds. The monoisotopic (exact) mass is 241 g/mol. The second-order valence-electron chi connectivity index (χ2n) is 5.05. The molecule has 0 radical (unpaired) electrons. The topological polar surface area (TPSA) is 78.9 Å². The predicted molar refractivity (Wildman–Crippen MR) is 66.8 cm³/mol. The Labute approximate surface area is 103 Å². The van der Waals surface area contributed by atoms with E-state index < -0.39 is 5.92 Å². The van der Waals surface area contributed by atoms with E-state index in [1.807, 2.05) is 11.8 Å². The van der Waals surface area contributed by atoms with Gasteiger partial charge in [0.05, 0.1) is 5.92 Å². The lowest BCUT2D eigenvalue weighted by Gasteiger charge is -2.26. The Morgan fingerprint density at radius 3 is 2.65 bits per heavy atom. The average Bonchev–Trinajstić information content (AvgIpc) is 2.63. The van der Waals surface area contributed by atoms with Crippen LogP contribution in [0.1, 0.15) is 40.0 Å². The zero-order valence-corrected chi connectivity index (χ0v) is 10.9. The van der Waals surface area contributed by atoms with Crippen LogP contribution in [-0.2, 0) is 4.79 Å². The molecule has 3 atom stereocenters. The van der Waals surface area contributed by atoms with E-state index in [1.165, 1.54) is 0 Å². The maximum Gasteiger partial charge on any atom is 0.233 e. The molecule has 0 aromatic rings. The highest BCUT2D eigenvalue weighted by molar-refractivity contribution is 6.02. The van der Waals surface area contributed by atoms with Crippen molar-refractivity contribution in [2.45, 2.75) is 46.1 Å². The van der Waals surface area contributed by atoms with Gasteiger partial charge in [-0.3, -0.25) is 4.79 Å². The van der Waals surface area contributed by atoms with Crippen molar-refractivity contribution in [1.82, 2.24) is 4.90 Å². The smallest absolute Gasteiger partial charge is 0.233 e. The minimum atomic E-state index is -0.474. The summed E-state index contributed by atoms with van der Waals surface area (Å²) in [7, 11) is 0. The van der Waals surface area contributed by atoms with Gasteiger partial charge in [0, 0.05) is 12.6 Å². The molecule has 5 heteroatoms. The first-order valence-corrected chi connectivity index (χ1v) is 6.29. The van der Waals surface area contributed by atoms with E-state index in [2.05, 4.69) is 19.0 Å². The van der Waals surface area contributed by atoms with Gasteiger partial charge in [-0.1, -0.05) is 25.4 Å². The highest BCUT2D eigenvalue weighted by atomic mass is 16.4. The molecule has 1 heterocycles. The van der Waals surface area contributed by atoms with Gasteiger partial charge in [0.2, 0.25) is 5.91 Å². The highest BCUT2D eigenvalue weighted by Gasteiger charge is 2.35. The summed E-state index contributed by atoms with van der Waals surface area (Å²) in [6, 6.07) is 0.253. The molecule has 0 spiro atoms. The molecule has 0 bridgehead atoms. The van der Waals surface area contributed by atoms with Gasteiger partial charge in [-0.15, -0.1) is 0 Å². The molecule has 1 aliphatic rings. The second-order valence-corrected chi connectivity index (χ2v) is 5.05. The van der Waals surface area contributed by atoms with Gasteiger partial charge in [-0.05, 0) is 25.7 Å². The van der Waals surface area contributed by atoms with Crippen LogP contribution in [0, 0.1) is 11.8 Å². The van der Waals surface area contributed by atoms with Crippen molar-refractivity contribution in [3.63, 3.8) is 0 Å². The van der Waals surface area contributed by atoms with Crippen molar-refractivity contribution in [3.8, 4) is 0 Å². The summed E-state index contributed by atoms with van der Waals surface area (Å²) < 4.78 is 0. The predicted octanol–water partition coefficient (Wildman–Crippen LogP) is 1.41. The molecule has 0 aromatic heterocycles. The largest absolute Gasteiger partial charge is 0.409 e. The summed E-state index contributed by atoms with van der Waals surface area (Å²) in [5.74, 6) is 0.0869. The van der Waals surface area contributed by atoms with E-state index >= 15 is 0 Å². The van der Waals surface area contributed by atoms with Crippen LogP contribution < -0.4 is 5.73 Å². The Kier molecular flexibility index (Phi) is 4.78. The average molecular weight is 241 g/mol. The lowest BCUT2D eigenvalue weighted by molar-refractivity contribution is -0.134. The number of hydrogen-bond donors (Lipinski definition) is 2. The molecule has 1 aliphatic heterocycles. The van der Waals surface area contributed by atoms with Crippen LogP contribution >= 0.6 is 0 Å². The summed E-state index contributed by atoms with van der Waals surface area (Å²) in [6.45, 7) is 6.96. The molecule has 0 aromatic carbocycles. The molecule has 98 valence electrons. The van der Waals surface area contributed by atoms with Gasteiger partial charge in [-0.25, -0.2) is 0 Å². The maximum atomic E-state index is 12.3. The van der Waals surface area contributed by atoms with Crippen molar-refractivity contribution in [2.24, 2.45) is 22.7 Å². The lowest BCUT2D eigenvalue weighted by atomic mass is 10.0. The molecule has 0 aliphatic carbocycles. The van der Waals surface area contributed by atoms with Crippen molar-refractivity contribution < 1.29 is 10.0 Å². The van der Waals surface area contributed by atoms with Crippen molar-refractivity contribution >= 4 is 11.7 Å². The van der Waals surface area contributed by atoms with E-state index in [1.54, 1.807) is 0 Å². The number of nitrogens with zero attached hydrogens (tertiary/aromatic N) is 2. The molecular weight excluding hydrogens is 218 g/mol. The van der Waals surface area contributed by atoms with Gasteiger partial charge in [-0.2, -0.15) is 0 Å². The third kappa shape index (κ3) is 3.11. The minimum Gasteiger partial charge on any atom is -0.409 e. The number of amides is 1. The SMILES string of the molecule is CCCC(C(=O)N1CC(C)CC1C)C(N)=NO. The van der Waals surface area contributed by atoms with Crippen molar-refractivity contribution in [1.29, 1.82) is 0 Å². The number of carbonyl (C=O) groups excluding carboxylic acids is 1. The first-order chi connectivity index (χ1) is 8.01. The molecule has 3 unspecified atom stereocenters. The third-order valence-corrected chi connectivity index (χ3v) is 3.41. The molecule has 5 nitrogen and oxygen atoms in total. The Morgan fingerprint density at radius 1 is 1.59 bits per heavy atom. The van der Waals surface area contributed by atoms with Gasteiger partial charge >= 0.3 is 0 Å². The second kappa shape index (κ2) is 5.89. The number of carbonyl (C=O) groups is 1. The number of hydrogen-bond acceptors (Lipinski definition) is 3. The number of amidine groups is 1. The van der Waals surface area contributed by atoms with Gasteiger partial charge < -0.3 is 15.8 Å². The molecule has 1 saturated heterocycles. The maximum absolute atomic E-state index is 12.3. The van der Waals surface area contributed by atoms with Crippen LogP contribution in [0.5, 0.6) is 0 Å². The summed E-state index contributed by atoms with van der Waals surface area (Å²) in [6.07, 6.45) is 2.50. The van der Waals surface area contributed by atoms with E-state index in [4.69, 9.17) is 10.9 Å². The Balaban J connectivity index is 2.78. The van der Waals surface area contributed by atoms with Crippen molar-refractivity contribution in [2.75, 3.05) is 6.54 Å². The molecular formula is C12H23N3O2. The standard InChI is InChI=1S/C12H23N3O2/c1-4-5-10(11(13)14-17)12(16)15-7-8(2)6-9(15)3/h8-10,17H,4-7H2,1-3H3,(H2,13,14).